The van der Waals surface area contributed by atoms with E-state index in [4.69, 9.17) is 5.11 Å². The molecule has 0 bridgehead atoms. The number of halogens is 6. The molecule has 0 aromatic rings. The number of hydrogen-bond donors (Lipinski definition) is 1. The summed E-state index contributed by atoms with van der Waals surface area (Å²) < 4.78 is 82.4. The predicted molar refractivity (Wildman–Crippen MR) is 75.7 cm³/mol. The van der Waals surface area contributed by atoms with E-state index in [0.29, 0.717) is 12.8 Å². The van der Waals surface area contributed by atoms with Crippen molar-refractivity contribution in [3.63, 3.8) is 0 Å². The molecule has 0 spiro atoms. The van der Waals surface area contributed by atoms with Gasteiger partial charge in [-0.05, 0) is 6.42 Å². The van der Waals surface area contributed by atoms with Crippen LogP contribution in [0.3, 0.4) is 0 Å². The van der Waals surface area contributed by atoms with Gasteiger partial charge in [0.2, 0.25) is 0 Å². The summed E-state index contributed by atoms with van der Waals surface area (Å²) in [5.41, 5.74) is -4.66. The SMILES string of the molecule is CCCCCCCCC(OC(=O)/C=C/C(=O)O)(C(F)(F)F)C(F)(F)F. The molecule has 0 aliphatic rings. The summed E-state index contributed by atoms with van der Waals surface area (Å²) in [6.45, 7) is 1.91. The van der Waals surface area contributed by atoms with E-state index >= 15 is 0 Å². The quantitative estimate of drug-likeness (QED) is 0.257. The fraction of sp³-hybridized carbons (Fsp3) is 0.733. The van der Waals surface area contributed by atoms with Crippen LogP contribution in [0.15, 0.2) is 12.2 Å². The zero-order chi connectivity index (χ0) is 19.7. The largest absolute Gasteiger partial charge is 0.478 e. The van der Waals surface area contributed by atoms with Crippen molar-refractivity contribution in [3.05, 3.63) is 12.2 Å². The lowest BCUT2D eigenvalue weighted by Gasteiger charge is -2.36. The van der Waals surface area contributed by atoms with Crippen LogP contribution in [0.4, 0.5) is 26.3 Å². The van der Waals surface area contributed by atoms with Crippen LogP contribution in [0.25, 0.3) is 0 Å². The number of rotatable bonds is 10. The van der Waals surface area contributed by atoms with Gasteiger partial charge in [-0.15, -0.1) is 0 Å². The third-order valence-corrected chi connectivity index (χ3v) is 3.44. The molecule has 25 heavy (non-hydrogen) atoms. The van der Waals surface area contributed by atoms with Gasteiger partial charge in [0, 0.05) is 18.6 Å². The van der Waals surface area contributed by atoms with E-state index in [1.54, 1.807) is 0 Å². The van der Waals surface area contributed by atoms with Gasteiger partial charge in [0.15, 0.2) is 0 Å². The van der Waals surface area contributed by atoms with E-state index < -0.39 is 42.7 Å². The first-order valence-electron chi connectivity index (χ1n) is 7.65. The van der Waals surface area contributed by atoms with Gasteiger partial charge in [0.1, 0.15) is 0 Å². The second kappa shape index (κ2) is 9.67. The molecule has 0 aromatic carbocycles. The maximum absolute atomic E-state index is 13.1. The van der Waals surface area contributed by atoms with Gasteiger partial charge in [-0.25, -0.2) is 9.59 Å². The molecule has 0 saturated heterocycles. The zero-order valence-electron chi connectivity index (χ0n) is 13.5. The van der Waals surface area contributed by atoms with Crippen molar-refractivity contribution in [3.8, 4) is 0 Å². The number of ether oxygens (including phenoxy) is 1. The van der Waals surface area contributed by atoms with E-state index in [9.17, 15) is 35.9 Å². The summed E-state index contributed by atoms with van der Waals surface area (Å²) in [6, 6.07) is 0. The third-order valence-electron chi connectivity index (χ3n) is 3.44. The topological polar surface area (TPSA) is 63.6 Å². The Kier molecular flexibility index (Phi) is 8.99. The molecule has 0 atom stereocenters. The van der Waals surface area contributed by atoms with Crippen LogP contribution in [0, 0.1) is 0 Å². The number of carboxylic acid groups (broad SMARTS) is 1. The maximum Gasteiger partial charge on any atom is 0.437 e. The minimum atomic E-state index is -5.89. The number of hydrogen-bond acceptors (Lipinski definition) is 3. The van der Waals surface area contributed by atoms with E-state index in [2.05, 4.69) is 4.74 Å². The number of carbonyl (C=O) groups is 2. The highest BCUT2D eigenvalue weighted by atomic mass is 19.4. The van der Waals surface area contributed by atoms with E-state index in [1.165, 1.54) is 0 Å². The number of aliphatic carboxylic acids is 1. The highest BCUT2D eigenvalue weighted by Crippen LogP contribution is 2.49. The van der Waals surface area contributed by atoms with Crippen molar-refractivity contribution in [1.82, 2.24) is 0 Å². The molecule has 0 saturated carbocycles. The summed E-state index contributed by atoms with van der Waals surface area (Å²) in [4.78, 5) is 21.5. The average molecular weight is 378 g/mol. The van der Waals surface area contributed by atoms with E-state index in [-0.39, 0.29) is 18.6 Å². The first-order valence-corrected chi connectivity index (χ1v) is 7.65. The van der Waals surface area contributed by atoms with Gasteiger partial charge < -0.3 is 9.84 Å². The monoisotopic (exact) mass is 378 g/mol. The summed E-state index contributed by atoms with van der Waals surface area (Å²) in [5.74, 6) is -3.74. The van der Waals surface area contributed by atoms with Gasteiger partial charge in [-0.2, -0.15) is 26.3 Å². The van der Waals surface area contributed by atoms with E-state index in [0.717, 1.165) is 12.8 Å². The van der Waals surface area contributed by atoms with Gasteiger partial charge in [0.05, 0.1) is 0 Å². The van der Waals surface area contributed by atoms with Crippen molar-refractivity contribution in [2.24, 2.45) is 0 Å². The van der Waals surface area contributed by atoms with Crippen molar-refractivity contribution in [2.45, 2.75) is 69.8 Å². The van der Waals surface area contributed by atoms with E-state index in [1.807, 2.05) is 6.92 Å². The molecular weight excluding hydrogens is 358 g/mol. The lowest BCUT2D eigenvalue weighted by atomic mass is 9.93. The summed E-state index contributed by atoms with van der Waals surface area (Å²) >= 11 is 0. The number of esters is 1. The number of alkyl halides is 6. The number of unbranched alkanes of at least 4 members (excludes halogenated alkanes) is 5. The maximum atomic E-state index is 13.1. The highest BCUT2D eigenvalue weighted by molar-refractivity contribution is 5.91. The Morgan fingerprint density at radius 3 is 1.80 bits per heavy atom. The van der Waals surface area contributed by atoms with Crippen LogP contribution >= 0.6 is 0 Å². The van der Waals surface area contributed by atoms with Crippen LogP contribution in [0.2, 0.25) is 0 Å². The second-order valence-electron chi connectivity index (χ2n) is 5.43. The van der Waals surface area contributed by atoms with Gasteiger partial charge in [-0.1, -0.05) is 39.0 Å². The Bertz CT molecular complexity index is 454. The molecule has 146 valence electrons. The Labute approximate surface area is 140 Å². The van der Waals surface area contributed by atoms with Crippen molar-refractivity contribution in [1.29, 1.82) is 0 Å². The fourth-order valence-corrected chi connectivity index (χ4v) is 2.11. The van der Waals surface area contributed by atoms with Crippen LogP contribution in [-0.2, 0) is 14.3 Å². The Morgan fingerprint density at radius 2 is 1.36 bits per heavy atom. The molecule has 0 heterocycles. The highest BCUT2D eigenvalue weighted by Gasteiger charge is 2.73. The van der Waals surface area contributed by atoms with Crippen LogP contribution in [-0.4, -0.2) is 35.0 Å². The van der Waals surface area contributed by atoms with Gasteiger partial charge >= 0.3 is 29.9 Å². The van der Waals surface area contributed by atoms with Crippen LogP contribution in [0.5, 0.6) is 0 Å². The van der Waals surface area contributed by atoms with Gasteiger partial charge in [-0.3, -0.25) is 0 Å². The smallest absolute Gasteiger partial charge is 0.437 e. The molecule has 0 radical (unpaired) electrons. The molecule has 0 unspecified atom stereocenters. The molecule has 1 N–H and O–H groups in total. The first kappa shape index (κ1) is 23.3. The Balaban J connectivity index is 5.27. The normalized spacial score (nSPS) is 13.2. The standard InChI is InChI=1S/C15H20F6O4/c1-2-3-4-5-6-7-10-13(14(16,17)18,15(19,20)21)25-12(24)9-8-11(22)23/h8-9H,2-7,10H2,1H3,(H,22,23)/b9-8+. The molecule has 0 aliphatic heterocycles. The van der Waals surface area contributed by atoms with Crippen molar-refractivity contribution < 1.29 is 45.8 Å². The van der Waals surface area contributed by atoms with Crippen LogP contribution in [0.1, 0.15) is 51.9 Å². The Hall–Kier alpha value is -1.74. The first-order chi connectivity index (χ1) is 11.4. The molecule has 0 fully saturated rings. The Morgan fingerprint density at radius 1 is 0.880 bits per heavy atom. The summed E-state index contributed by atoms with van der Waals surface area (Å²) in [6.07, 6.45) is -10.6. The van der Waals surface area contributed by atoms with Crippen molar-refractivity contribution >= 4 is 11.9 Å². The lowest BCUT2D eigenvalue weighted by molar-refractivity contribution is -0.370. The van der Waals surface area contributed by atoms with Crippen molar-refractivity contribution in [2.75, 3.05) is 0 Å². The molecule has 0 aromatic heterocycles. The fourth-order valence-electron chi connectivity index (χ4n) is 2.11. The summed E-state index contributed by atoms with van der Waals surface area (Å²) in [5, 5.41) is 8.29. The minimum absolute atomic E-state index is 0.00973. The molecule has 0 rings (SSSR count). The molecule has 10 heteroatoms. The average Bonchev–Trinajstić information content (AvgIpc) is 2.44. The number of carboxylic acids is 1. The van der Waals surface area contributed by atoms with Gasteiger partial charge in [0.25, 0.3) is 0 Å². The number of carbonyl (C=O) groups excluding carboxylic acids is 1. The zero-order valence-corrected chi connectivity index (χ0v) is 13.5. The second-order valence-corrected chi connectivity index (χ2v) is 5.43. The molecule has 4 nitrogen and oxygen atoms in total. The molecular formula is C15H20F6O4. The molecule has 0 aliphatic carbocycles. The van der Waals surface area contributed by atoms with Crippen LogP contribution < -0.4 is 0 Å². The predicted octanol–water partition coefficient (Wildman–Crippen LogP) is 4.78. The minimum Gasteiger partial charge on any atom is -0.478 e. The lowest BCUT2D eigenvalue weighted by Crippen LogP contribution is -2.59. The summed E-state index contributed by atoms with van der Waals surface area (Å²) in [7, 11) is 0. The molecule has 0 amide bonds. The third kappa shape index (κ3) is 7.35.